The minimum absolute atomic E-state index is 0.211. The van der Waals surface area contributed by atoms with Gasteiger partial charge < -0.3 is 20.3 Å². The molecule has 1 aliphatic heterocycles. The van der Waals surface area contributed by atoms with Crippen LogP contribution >= 0.6 is 11.3 Å². The molecule has 1 saturated heterocycles. The van der Waals surface area contributed by atoms with Crippen LogP contribution in [0.4, 0.5) is 0 Å². The van der Waals surface area contributed by atoms with Crippen LogP contribution in [0, 0.1) is 5.41 Å². The molecule has 8 heteroatoms. The Morgan fingerprint density at radius 3 is 2.77 bits per heavy atom. The summed E-state index contributed by atoms with van der Waals surface area (Å²) in [7, 11) is 3.70. The molecule has 2 unspecified atom stereocenters. The fourth-order valence-corrected chi connectivity index (χ4v) is 5.61. The van der Waals surface area contributed by atoms with Gasteiger partial charge in [-0.1, -0.05) is 18.9 Å². The Bertz CT molecular complexity index is 716. The van der Waals surface area contributed by atoms with Crippen LogP contribution in [-0.4, -0.2) is 81.2 Å². The zero-order valence-corrected chi connectivity index (χ0v) is 20.3. The van der Waals surface area contributed by atoms with Crippen LogP contribution in [0.2, 0.25) is 0 Å². The van der Waals surface area contributed by atoms with Gasteiger partial charge in [-0.2, -0.15) is 0 Å². The van der Waals surface area contributed by atoms with Crippen LogP contribution in [0.15, 0.2) is 22.5 Å². The van der Waals surface area contributed by atoms with E-state index < -0.39 is 0 Å². The zero-order valence-electron chi connectivity index (χ0n) is 19.5. The molecule has 0 spiro atoms. The van der Waals surface area contributed by atoms with E-state index in [0.717, 1.165) is 64.4 Å². The lowest BCUT2D eigenvalue weighted by Gasteiger charge is -2.37. The maximum absolute atomic E-state index is 12.9. The lowest BCUT2D eigenvalue weighted by atomic mass is 9.85. The van der Waals surface area contributed by atoms with E-state index in [0.29, 0.717) is 6.54 Å². The Morgan fingerprint density at radius 2 is 2.16 bits per heavy atom. The van der Waals surface area contributed by atoms with Gasteiger partial charge in [0.25, 0.3) is 0 Å². The average molecular weight is 450 g/mol. The van der Waals surface area contributed by atoms with Gasteiger partial charge in [0.15, 0.2) is 5.96 Å². The van der Waals surface area contributed by atoms with Gasteiger partial charge >= 0.3 is 0 Å². The molecular weight excluding hydrogens is 410 g/mol. The van der Waals surface area contributed by atoms with Gasteiger partial charge in [0.1, 0.15) is 0 Å². The number of carbonyl (C=O) groups is 1. The van der Waals surface area contributed by atoms with Gasteiger partial charge in [-0.25, -0.2) is 0 Å². The molecule has 2 fully saturated rings. The van der Waals surface area contributed by atoms with Gasteiger partial charge in [0.2, 0.25) is 5.91 Å². The molecule has 2 aliphatic rings. The summed E-state index contributed by atoms with van der Waals surface area (Å²) in [6.45, 7) is 8.95. The van der Waals surface area contributed by atoms with Gasteiger partial charge in [-0.15, -0.1) is 11.3 Å². The topological polar surface area (TPSA) is 69.2 Å². The van der Waals surface area contributed by atoms with Crippen molar-refractivity contribution in [3.05, 3.63) is 22.4 Å². The fourth-order valence-electron chi connectivity index (χ4n) is 4.75. The minimum atomic E-state index is -0.349. The van der Waals surface area contributed by atoms with E-state index in [1.165, 1.54) is 4.88 Å². The van der Waals surface area contributed by atoms with E-state index in [2.05, 4.69) is 46.9 Å². The van der Waals surface area contributed by atoms with Crippen molar-refractivity contribution in [3.63, 3.8) is 0 Å². The van der Waals surface area contributed by atoms with Crippen LogP contribution < -0.4 is 10.6 Å². The average Bonchev–Trinajstić information content (AvgIpc) is 3.45. The zero-order chi connectivity index (χ0) is 22.3. The fraction of sp³-hybridized carbons (Fsp3) is 0.739. The predicted molar refractivity (Wildman–Crippen MR) is 128 cm³/mol. The molecule has 1 amide bonds. The lowest BCUT2D eigenvalue weighted by molar-refractivity contribution is -0.138. The first kappa shape index (κ1) is 24.0. The smallest absolute Gasteiger partial charge is 0.230 e. The second-order valence-electron chi connectivity index (χ2n) is 8.97. The first-order chi connectivity index (χ1) is 14.9. The molecule has 2 atom stereocenters. The number of hydrogen-bond acceptors (Lipinski definition) is 5. The Balaban J connectivity index is 1.70. The number of nitrogens with one attached hydrogen (secondary N) is 2. The highest BCUT2D eigenvalue weighted by atomic mass is 32.1. The molecule has 31 heavy (non-hydrogen) atoms. The van der Waals surface area contributed by atoms with E-state index in [9.17, 15) is 4.79 Å². The Morgan fingerprint density at radius 1 is 1.39 bits per heavy atom. The van der Waals surface area contributed by atoms with Crippen LogP contribution in [0.1, 0.15) is 50.4 Å². The Labute approximate surface area is 191 Å². The standard InChI is InChI=1S/C23H39N5O2S/c1-5-24-22(26-17-23(10-6-7-11-23)21(29)27(3)4)25-15-19(20-9-8-14-31-20)28-12-13-30-18(2)16-28/h8-9,14,18-19H,5-7,10-13,15-17H2,1-4H3,(H2,24,25,26). The molecule has 3 rings (SSSR count). The van der Waals surface area contributed by atoms with E-state index in [4.69, 9.17) is 9.73 Å². The lowest BCUT2D eigenvalue weighted by Crippen LogP contribution is -2.48. The van der Waals surface area contributed by atoms with Crippen molar-refractivity contribution in [2.24, 2.45) is 10.4 Å². The number of rotatable bonds is 8. The first-order valence-electron chi connectivity index (χ1n) is 11.6. The summed E-state index contributed by atoms with van der Waals surface area (Å²) in [5.74, 6) is 1.01. The normalized spacial score (nSPS) is 22.8. The summed E-state index contributed by atoms with van der Waals surface area (Å²) in [4.78, 5) is 23.4. The molecule has 174 valence electrons. The van der Waals surface area contributed by atoms with Crippen molar-refractivity contribution >= 4 is 23.2 Å². The minimum Gasteiger partial charge on any atom is -0.376 e. The largest absolute Gasteiger partial charge is 0.376 e. The van der Waals surface area contributed by atoms with E-state index >= 15 is 0 Å². The molecule has 7 nitrogen and oxygen atoms in total. The molecule has 0 aromatic carbocycles. The molecule has 2 N–H and O–H groups in total. The summed E-state index contributed by atoms with van der Waals surface area (Å²) in [5.41, 5.74) is -0.349. The number of ether oxygens (including phenoxy) is 1. The van der Waals surface area contributed by atoms with Gasteiger partial charge in [0.05, 0.1) is 30.7 Å². The highest BCUT2D eigenvalue weighted by Gasteiger charge is 2.42. The molecule has 1 aromatic heterocycles. The third-order valence-electron chi connectivity index (χ3n) is 6.35. The maximum atomic E-state index is 12.9. The van der Waals surface area contributed by atoms with Crippen molar-refractivity contribution in [2.45, 2.75) is 51.7 Å². The first-order valence-corrected chi connectivity index (χ1v) is 12.5. The van der Waals surface area contributed by atoms with Crippen LogP contribution in [0.3, 0.4) is 0 Å². The Hall–Kier alpha value is -1.64. The third kappa shape index (κ3) is 6.20. The molecule has 0 radical (unpaired) electrons. The number of morpholine rings is 1. The SMILES string of the molecule is CCNC(=NCC1(C(=O)N(C)C)CCCC1)NCC(c1cccs1)N1CCOC(C)C1. The van der Waals surface area contributed by atoms with Gasteiger partial charge in [-0.05, 0) is 38.1 Å². The molecular formula is C23H39N5O2S. The second-order valence-corrected chi connectivity index (χ2v) is 9.95. The number of carbonyl (C=O) groups excluding carboxylic acids is 1. The summed E-state index contributed by atoms with van der Waals surface area (Å²) >= 11 is 1.80. The van der Waals surface area contributed by atoms with Crippen LogP contribution in [-0.2, 0) is 9.53 Å². The molecule has 1 aromatic rings. The number of nitrogens with zero attached hydrogens (tertiary/aromatic N) is 3. The number of hydrogen-bond donors (Lipinski definition) is 2. The molecule has 1 saturated carbocycles. The molecule has 2 heterocycles. The second kappa shape index (κ2) is 11.3. The highest BCUT2D eigenvalue weighted by molar-refractivity contribution is 7.10. The summed E-state index contributed by atoms with van der Waals surface area (Å²) in [6.07, 6.45) is 4.31. The van der Waals surface area contributed by atoms with E-state index in [-0.39, 0.29) is 23.5 Å². The molecule has 0 bridgehead atoms. The van der Waals surface area contributed by atoms with Crippen molar-refractivity contribution < 1.29 is 9.53 Å². The highest BCUT2D eigenvalue weighted by Crippen LogP contribution is 2.39. The van der Waals surface area contributed by atoms with Crippen molar-refractivity contribution in [2.75, 3.05) is 53.4 Å². The number of thiophene rings is 1. The predicted octanol–water partition coefficient (Wildman–Crippen LogP) is 2.71. The van der Waals surface area contributed by atoms with E-state index in [1.54, 1.807) is 16.2 Å². The monoisotopic (exact) mass is 449 g/mol. The summed E-state index contributed by atoms with van der Waals surface area (Å²) in [6, 6.07) is 4.61. The van der Waals surface area contributed by atoms with Crippen molar-refractivity contribution in [3.8, 4) is 0 Å². The Kier molecular flexibility index (Phi) is 8.75. The number of aliphatic imine (C=N–C) groups is 1. The van der Waals surface area contributed by atoms with Gasteiger partial charge in [-0.3, -0.25) is 14.7 Å². The van der Waals surface area contributed by atoms with E-state index in [1.807, 2.05) is 14.1 Å². The van der Waals surface area contributed by atoms with Crippen LogP contribution in [0.5, 0.6) is 0 Å². The quantitative estimate of drug-likeness (QED) is 0.472. The summed E-state index contributed by atoms with van der Waals surface area (Å²) in [5, 5.41) is 9.09. The van der Waals surface area contributed by atoms with Crippen molar-refractivity contribution in [1.82, 2.24) is 20.4 Å². The summed E-state index contributed by atoms with van der Waals surface area (Å²) < 4.78 is 5.76. The number of amides is 1. The van der Waals surface area contributed by atoms with Gasteiger partial charge in [0, 0.05) is 45.2 Å². The third-order valence-corrected chi connectivity index (χ3v) is 7.33. The molecule has 1 aliphatic carbocycles. The van der Waals surface area contributed by atoms with Crippen LogP contribution in [0.25, 0.3) is 0 Å². The van der Waals surface area contributed by atoms with Crippen molar-refractivity contribution in [1.29, 1.82) is 0 Å². The maximum Gasteiger partial charge on any atom is 0.230 e. The number of guanidine groups is 1.